The van der Waals surface area contributed by atoms with Gasteiger partial charge in [-0.2, -0.15) is 0 Å². The number of carbonyl (C=O) groups excluding carboxylic acids is 1. The fourth-order valence-corrected chi connectivity index (χ4v) is 2.64. The molecule has 0 aliphatic carbocycles. The molecule has 0 atom stereocenters. The van der Waals surface area contributed by atoms with E-state index >= 15 is 0 Å². The molecule has 0 saturated carbocycles. The number of anilines is 3. The van der Waals surface area contributed by atoms with E-state index in [4.69, 9.17) is 9.47 Å². The molecule has 1 heterocycles. The number of fused-ring (bicyclic) bond motifs is 1. The Balaban J connectivity index is 1.56. The molecule has 0 unspecified atom stereocenters. The van der Waals surface area contributed by atoms with Crippen LogP contribution in [0.4, 0.5) is 17.1 Å². The lowest BCUT2D eigenvalue weighted by Gasteiger charge is -2.12. The first-order valence-electron chi connectivity index (χ1n) is 7.92. The Morgan fingerprint density at radius 3 is 2.44 bits per heavy atom. The molecule has 1 amide bonds. The van der Waals surface area contributed by atoms with Crippen LogP contribution in [-0.2, 0) is 0 Å². The molecule has 0 saturated heterocycles. The van der Waals surface area contributed by atoms with E-state index in [0.29, 0.717) is 22.7 Å². The van der Waals surface area contributed by atoms with Crippen LogP contribution < -0.4 is 20.1 Å². The van der Waals surface area contributed by atoms with E-state index in [1.54, 1.807) is 24.3 Å². The van der Waals surface area contributed by atoms with Crippen molar-refractivity contribution in [2.24, 2.45) is 0 Å². The van der Waals surface area contributed by atoms with Gasteiger partial charge in [0.15, 0.2) is 11.5 Å². The summed E-state index contributed by atoms with van der Waals surface area (Å²) in [5, 5.41) is 6.17. The molecular formula is C20H16N2O3. The predicted octanol–water partition coefficient (Wildman–Crippen LogP) is 4.41. The van der Waals surface area contributed by atoms with Gasteiger partial charge in [0.1, 0.15) is 0 Å². The van der Waals surface area contributed by atoms with Gasteiger partial charge >= 0.3 is 0 Å². The molecule has 25 heavy (non-hydrogen) atoms. The van der Waals surface area contributed by atoms with Gasteiger partial charge < -0.3 is 20.1 Å². The van der Waals surface area contributed by atoms with E-state index in [0.717, 1.165) is 11.4 Å². The van der Waals surface area contributed by atoms with Gasteiger partial charge in [0.05, 0.1) is 11.3 Å². The first kappa shape index (κ1) is 15.1. The standard InChI is InChI=1S/C20H16N2O3/c23-20(22-15-10-11-18-19(12-15)25-13-24-18)16-8-4-5-9-17(16)21-14-6-2-1-3-7-14/h1-12,21H,13H2,(H,22,23). The van der Waals surface area contributed by atoms with E-state index in [-0.39, 0.29) is 12.7 Å². The molecule has 0 spiro atoms. The quantitative estimate of drug-likeness (QED) is 0.743. The molecule has 5 heteroatoms. The van der Waals surface area contributed by atoms with Gasteiger partial charge in [-0.25, -0.2) is 0 Å². The largest absolute Gasteiger partial charge is 0.454 e. The number of carbonyl (C=O) groups is 1. The summed E-state index contributed by atoms with van der Waals surface area (Å²) in [4.78, 5) is 12.7. The van der Waals surface area contributed by atoms with Gasteiger partial charge in [0.25, 0.3) is 5.91 Å². The Labute approximate surface area is 145 Å². The van der Waals surface area contributed by atoms with Crippen LogP contribution in [-0.4, -0.2) is 12.7 Å². The first-order chi connectivity index (χ1) is 12.3. The van der Waals surface area contributed by atoms with Crippen LogP contribution in [0.5, 0.6) is 11.5 Å². The number of ether oxygens (including phenoxy) is 2. The Bertz CT molecular complexity index is 910. The van der Waals surface area contributed by atoms with Crippen molar-refractivity contribution in [1.82, 2.24) is 0 Å². The zero-order chi connectivity index (χ0) is 17.1. The maximum atomic E-state index is 12.7. The van der Waals surface area contributed by atoms with Gasteiger partial charge in [-0.1, -0.05) is 30.3 Å². The van der Waals surface area contributed by atoms with Crippen molar-refractivity contribution >= 4 is 23.0 Å². The lowest BCUT2D eigenvalue weighted by Crippen LogP contribution is -2.13. The number of para-hydroxylation sites is 2. The van der Waals surface area contributed by atoms with E-state index in [1.165, 1.54) is 0 Å². The van der Waals surface area contributed by atoms with Crippen LogP contribution in [0.2, 0.25) is 0 Å². The number of hydrogen-bond acceptors (Lipinski definition) is 4. The highest BCUT2D eigenvalue weighted by Gasteiger charge is 2.16. The van der Waals surface area contributed by atoms with Gasteiger partial charge in [-0.05, 0) is 36.4 Å². The SMILES string of the molecule is O=C(Nc1ccc2c(c1)OCO2)c1ccccc1Nc1ccccc1. The van der Waals surface area contributed by atoms with Crippen molar-refractivity contribution in [2.45, 2.75) is 0 Å². The highest BCUT2D eigenvalue weighted by Crippen LogP contribution is 2.34. The molecule has 2 N–H and O–H groups in total. The highest BCUT2D eigenvalue weighted by molar-refractivity contribution is 6.08. The van der Waals surface area contributed by atoms with E-state index in [9.17, 15) is 4.79 Å². The molecule has 124 valence electrons. The molecule has 3 aromatic rings. The Morgan fingerprint density at radius 1 is 0.800 bits per heavy atom. The van der Waals surface area contributed by atoms with Crippen molar-refractivity contribution in [3.8, 4) is 11.5 Å². The van der Waals surface area contributed by atoms with E-state index < -0.39 is 0 Å². The fourth-order valence-electron chi connectivity index (χ4n) is 2.64. The second-order valence-electron chi connectivity index (χ2n) is 5.56. The summed E-state index contributed by atoms with van der Waals surface area (Å²) in [7, 11) is 0. The minimum atomic E-state index is -0.196. The second kappa shape index (κ2) is 6.57. The van der Waals surface area contributed by atoms with Crippen LogP contribution in [0.3, 0.4) is 0 Å². The number of nitrogens with one attached hydrogen (secondary N) is 2. The van der Waals surface area contributed by atoms with E-state index in [1.807, 2.05) is 48.5 Å². The summed E-state index contributed by atoms with van der Waals surface area (Å²) in [6, 6.07) is 22.5. The summed E-state index contributed by atoms with van der Waals surface area (Å²) >= 11 is 0. The third-order valence-electron chi connectivity index (χ3n) is 3.85. The monoisotopic (exact) mass is 332 g/mol. The van der Waals surface area contributed by atoms with Gasteiger partial charge in [-0.3, -0.25) is 4.79 Å². The van der Waals surface area contributed by atoms with Gasteiger partial charge in [0, 0.05) is 17.4 Å². The second-order valence-corrected chi connectivity index (χ2v) is 5.56. The maximum Gasteiger partial charge on any atom is 0.257 e. The molecule has 0 fully saturated rings. The van der Waals surface area contributed by atoms with Crippen LogP contribution in [0.15, 0.2) is 72.8 Å². The normalized spacial score (nSPS) is 11.8. The van der Waals surface area contributed by atoms with Gasteiger partial charge in [0.2, 0.25) is 6.79 Å². The number of amides is 1. The first-order valence-corrected chi connectivity index (χ1v) is 7.92. The summed E-state index contributed by atoms with van der Waals surface area (Å²) in [6.45, 7) is 0.205. The summed E-state index contributed by atoms with van der Waals surface area (Å²) in [6.07, 6.45) is 0. The fraction of sp³-hybridized carbons (Fsp3) is 0.0500. The predicted molar refractivity (Wildman–Crippen MR) is 96.7 cm³/mol. The van der Waals surface area contributed by atoms with Crippen molar-refractivity contribution in [1.29, 1.82) is 0 Å². The lowest BCUT2D eigenvalue weighted by atomic mass is 10.1. The van der Waals surface area contributed by atoms with Crippen molar-refractivity contribution in [2.75, 3.05) is 17.4 Å². The molecule has 5 nitrogen and oxygen atoms in total. The molecule has 0 aromatic heterocycles. The molecule has 1 aliphatic heterocycles. The van der Waals surface area contributed by atoms with Gasteiger partial charge in [-0.15, -0.1) is 0 Å². The minimum absolute atomic E-state index is 0.196. The average Bonchev–Trinajstić information content (AvgIpc) is 3.11. The third-order valence-corrected chi connectivity index (χ3v) is 3.85. The number of rotatable bonds is 4. The number of benzene rings is 3. The third kappa shape index (κ3) is 3.26. The van der Waals surface area contributed by atoms with Crippen molar-refractivity contribution < 1.29 is 14.3 Å². The number of hydrogen-bond donors (Lipinski definition) is 2. The molecule has 0 bridgehead atoms. The summed E-state index contributed by atoms with van der Waals surface area (Å²) in [5.41, 5.74) is 2.88. The lowest BCUT2D eigenvalue weighted by molar-refractivity contribution is 0.102. The maximum absolute atomic E-state index is 12.7. The van der Waals surface area contributed by atoms with Crippen LogP contribution in [0.1, 0.15) is 10.4 Å². The highest BCUT2D eigenvalue weighted by atomic mass is 16.7. The molecular weight excluding hydrogens is 316 g/mol. The summed E-state index contributed by atoms with van der Waals surface area (Å²) < 4.78 is 10.6. The van der Waals surface area contributed by atoms with Crippen molar-refractivity contribution in [3.63, 3.8) is 0 Å². The zero-order valence-electron chi connectivity index (χ0n) is 13.4. The van der Waals surface area contributed by atoms with Crippen LogP contribution in [0, 0.1) is 0 Å². The van der Waals surface area contributed by atoms with Crippen molar-refractivity contribution in [3.05, 3.63) is 78.4 Å². The van der Waals surface area contributed by atoms with Crippen LogP contribution in [0.25, 0.3) is 0 Å². The van der Waals surface area contributed by atoms with Crippen LogP contribution >= 0.6 is 0 Å². The Morgan fingerprint density at radius 2 is 1.56 bits per heavy atom. The Hall–Kier alpha value is -3.47. The summed E-state index contributed by atoms with van der Waals surface area (Å²) in [5.74, 6) is 1.12. The molecule has 0 radical (unpaired) electrons. The average molecular weight is 332 g/mol. The van der Waals surface area contributed by atoms with E-state index in [2.05, 4.69) is 10.6 Å². The molecule has 3 aromatic carbocycles. The smallest absolute Gasteiger partial charge is 0.257 e. The zero-order valence-corrected chi connectivity index (χ0v) is 13.4. The minimum Gasteiger partial charge on any atom is -0.454 e. The topological polar surface area (TPSA) is 59.6 Å². The Kier molecular flexibility index (Phi) is 3.96. The molecule has 1 aliphatic rings. The molecule has 4 rings (SSSR count).